The van der Waals surface area contributed by atoms with Gasteiger partial charge < -0.3 is 9.80 Å². The van der Waals surface area contributed by atoms with Crippen molar-refractivity contribution in [2.75, 3.05) is 9.80 Å². The van der Waals surface area contributed by atoms with E-state index >= 15 is 0 Å². The number of hydrogen-bond acceptors (Lipinski definition) is 2. The van der Waals surface area contributed by atoms with Crippen LogP contribution in [0.25, 0.3) is 164 Å². The van der Waals surface area contributed by atoms with Crippen molar-refractivity contribution in [2.24, 2.45) is 0 Å². The Morgan fingerprint density at radius 2 is 0.349 bits per heavy atom. The first-order chi connectivity index (χ1) is 52.5. The summed E-state index contributed by atoms with van der Waals surface area (Å²) in [7, 11) is 0. The molecule has 0 radical (unpaired) electrons. The maximum absolute atomic E-state index is 2.41. The van der Waals surface area contributed by atoms with Crippen molar-refractivity contribution in [1.82, 2.24) is 0 Å². The van der Waals surface area contributed by atoms with Gasteiger partial charge in [0.1, 0.15) is 0 Å². The zero-order valence-electron chi connectivity index (χ0n) is 58.2. The van der Waals surface area contributed by atoms with E-state index in [1.54, 1.807) is 0 Å². The third kappa shape index (κ3) is 11.4. The molecule has 20 aromatic rings. The summed E-state index contributed by atoms with van der Waals surface area (Å²) in [6, 6.07) is 152. The predicted molar refractivity (Wildman–Crippen MR) is 454 cm³/mol. The molecule has 0 unspecified atom stereocenters. The number of anilines is 6. The molecule has 0 aliphatic carbocycles. The highest BCUT2D eigenvalue weighted by atomic mass is 15.1. The SMILES string of the molecule is c1ccc(-c2cc(-c3ccccc3)cc(-c3ccc(N(c4ccc(-c5ccc6c(ccc7ccccc76)c5)cc4)c4ccc5c(ccc6ccc(-c7ccc8c(ccc9cc(-c%10ccc(N(c%11cccc(-c%12ccccc%12)c%11)c%11ccc%12c(ccc%13ccccc%13%12)c%11)cc%10)ccc98)c7)cc65)c4)cc3)c2)cc1. The molecule has 494 valence electrons. The van der Waals surface area contributed by atoms with Crippen molar-refractivity contribution in [3.05, 3.63) is 413 Å². The lowest BCUT2D eigenvalue weighted by Crippen LogP contribution is -2.10. The number of nitrogens with zero attached hydrogens (tertiary/aromatic N) is 2. The summed E-state index contributed by atoms with van der Waals surface area (Å²) in [5.74, 6) is 0. The van der Waals surface area contributed by atoms with Crippen LogP contribution in [-0.2, 0) is 0 Å². The van der Waals surface area contributed by atoms with Crippen molar-refractivity contribution in [2.45, 2.75) is 0 Å². The van der Waals surface area contributed by atoms with E-state index < -0.39 is 0 Å². The molecule has 0 spiro atoms. The van der Waals surface area contributed by atoms with E-state index in [1.165, 1.54) is 159 Å². The molecule has 0 bridgehead atoms. The Morgan fingerprint density at radius 3 is 0.792 bits per heavy atom. The van der Waals surface area contributed by atoms with Gasteiger partial charge >= 0.3 is 0 Å². The fourth-order valence-electron chi connectivity index (χ4n) is 16.3. The largest absolute Gasteiger partial charge is 0.310 e. The van der Waals surface area contributed by atoms with Crippen molar-refractivity contribution in [3.63, 3.8) is 0 Å². The Bertz CT molecular complexity index is 6730. The summed E-state index contributed by atoms with van der Waals surface area (Å²) < 4.78 is 0. The number of fused-ring (bicyclic) bond motifs is 12. The van der Waals surface area contributed by atoms with Crippen molar-refractivity contribution in [1.29, 1.82) is 0 Å². The molecule has 0 fully saturated rings. The van der Waals surface area contributed by atoms with Gasteiger partial charge in [0.2, 0.25) is 0 Å². The van der Waals surface area contributed by atoms with E-state index in [9.17, 15) is 0 Å². The van der Waals surface area contributed by atoms with Gasteiger partial charge in [-0.2, -0.15) is 0 Å². The zero-order valence-corrected chi connectivity index (χ0v) is 58.2. The van der Waals surface area contributed by atoms with E-state index in [0.717, 1.165) is 39.7 Å². The monoisotopic (exact) mass is 1340 g/mol. The molecule has 0 amide bonds. The van der Waals surface area contributed by atoms with Gasteiger partial charge in [0.05, 0.1) is 0 Å². The van der Waals surface area contributed by atoms with Crippen LogP contribution >= 0.6 is 0 Å². The van der Waals surface area contributed by atoms with Crippen molar-refractivity contribution < 1.29 is 0 Å². The lowest BCUT2D eigenvalue weighted by atomic mass is 9.93. The molecule has 0 heterocycles. The van der Waals surface area contributed by atoms with Gasteiger partial charge in [-0.3, -0.25) is 0 Å². The first kappa shape index (κ1) is 61.9. The molecular formula is C104H68N2. The smallest absolute Gasteiger partial charge is 0.0468 e. The van der Waals surface area contributed by atoms with Crippen LogP contribution in [0.5, 0.6) is 0 Å². The van der Waals surface area contributed by atoms with Crippen LogP contribution in [0.1, 0.15) is 0 Å². The maximum atomic E-state index is 2.41. The second-order valence-electron chi connectivity index (χ2n) is 28.0. The van der Waals surface area contributed by atoms with E-state index in [1.807, 2.05) is 0 Å². The topological polar surface area (TPSA) is 6.48 Å². The minimum atomic E-state index is 1.07. The van der Waals surface area contributed by atoms with Crippen LogP contribution in [0.15, 0.2) is 413 Å². The molecule has 0 aliphatic heterocycles. The third-order valence-electron chi connectivity index (χ3n) is 21.7. The normalized spacial score (nSPS) is 11.6. The van der Waals surface area contributed by atoms with Gasteiger partial charge in [-0.25, -0.2) is 0 Å². The molecule has 2 nitrogen and oxygen atoms in total. The second-order valence-corrected chi connectivity index (χ2v) is 28.0. The molecule has 20 rings (SSSR count). The average molecular weight is 1350 g/mol. The van der Waals surface area contributed by atoms with E-state index in [-0.39, 0.29) is 0 Å². The van der Waals surface area contributed by atoms with Crippen molar-refractivity contribution >= 4 is 120 Å². The van der Waals surface area contributed by atoms with Gasteiger partial charge in [0.15, 0.2) is 0 Å². The molecule has 0 N–H and O–H groups in total. The molecule has 20 aromatic carbocycles. The van der Waals surface area contributed by atoms with E-state index in [4.69, 9.17) is 0 Å². The Hall–Kier alpha value is -13.9. The van der Waals surface area contributed by atoms with Crippen LogP contribution in [-0.4, -0.2) is 0 Å². The summed E-state index contributed by atoms with van der Waals surface area (Å²) in [6.07, 6.45) is 0. The van der Waals surface area contributed by atoms with Gasteiger partial charge in [0.25, 0.3) is 0 Å². The van der Waals surface area contributed by atoms with Gasteiger partial charge in [-0.05, 0) is 279 Å². The highest BCUT2D eigenvalue weighted by Gasteiger charge is 2.20. The summed E-state index contributed by atoms with van der Waals surface area (Å²) in [6.45, 7) is 0. The quantitative estimate of drug-likeness (QED) is 0.106. The maximum Gasteiger partial charge on any atom is 0.0468 e. The fourth-order valence-corrected chi connectivity index (χ4v) is 16.3. The molecule has 0 saturated heterocycles. The first-order valence-corrected chi connectivity index (χ1v) is 36.6. The molecule has 0 aliphatic rings. The van der Waals surface area contributed by atoms with Crippen LogP contribution < -0.4 is 9.80 Å². The van der Waals surface area contributed by atoms with E-state index in [0.29, 0.717) is 0 Å². The summed E-state index contributed by atoms with van der Waals surface area (Å²) in [5.41, 5.74) is 23.1. The Morgan fingerprint density at radius 1 is 0.104 bits per heavy atom. The molecule has 0 atom stereocenters. The standard InChI is InChI=1S/C104H68N2/c1-4-15-69(16-5-1)78-23-14-24-94(65-78)106(96-52-57-102-86(66-96)33-29-76-22-11-13-26-98(76)102)93-48-39-73(40-49-93)80-44-55-100-84(60-80)35-36-85-61-81(45-56-101(85)100)82-31-27-77-30-34-87-67-95(53-58-103(87)104(77)68-82)105(91-46-37-72(38-47-91)79-43-54-99-83(59-79)32-28-75-21-10-12-25-97(75)99)92-50-41-74(42-51-92)90-63-88(70-17-6-2-7-18-70)62-89(64-90)71-19-8-3-9-20-71/h1-68H. The summed E-state index contributed by atoms with van der Waals surface area (Å²) in [5, 5.41) is 19.8. The minimum Gasteiger partial charge on any atom is -0.310 e. The zero-order chi connectivity index (χ0) is 70.0. The molecule has 106 heavy (non-hydrogen) atoms. The summed E-state index contributed by atoms with van der Waals surface area (Å²) >= 11 is 0. The average Bonchev–Trinajstić information content (AvgIpc) is 0.769. The van der Waals surface area contributed by atoms with Crippen molar-refractivity contribution in [3.8, 4) is 77.9 Å². The second kappa shape index (κ2) is 26.2. The summed E-state index contributed by atoms with van der Waals surface area (Å²) in [4.78, 5) is 4.79. The highest BCUT2D eigenvalue weighted by Crippen LogP contribution is 2.45. The van der Waals surface area contributed by atoms with Gasteiger partial charge in [-0.1, -0.05) is 297 Å². The van der Waals surface area contributed by atoms with Gasteiger partial charge in [0, 0.05) is 34.1 Å². The molecular weight excluding hydrogens is 1280 g/mol. The number of benzene rings is 20. The number of rotatable bonds is 13. The van der Waals surface area contributed by atoms with Gasteiger partial charge in [-0.15, -0.1) is 0 Å². The fraction of sp³-hybridized carbons (Fsp3) is 0. The van der Waals surface area contributed by atoms with E-state index in [2.05, 4.69) is 422 Å². The Labute approximate surface area is 616 Å². The van der Waals surface area contributed by atoms with Crippen LogP contribution in [0, 0.1) is 0 Å². The highest BCUT2D eigenvalue weighted by molar-refractivity contribution is 6.13. The Balaban J connectivity index is 0.613. The lowest BCUT2D eigenvalue weighted by molar-refractivity contribution is 1.29. The number of hydrogen-bond donors (Lipinski definition) is 0. The molecule has 0 saturated carbocycles. The van der Waals surface area contributed by atoms with Crippen LogP contribution in [0.2, 0.25) is 0 Å². The lowest BCUT2D eigenvalue weighted by Gasteiger charge is -2.27. The third-order valence-corrected chi connectivity index (χ3v) is 21.7. The predicted octanol–water partition coefficient (Wildman–Crippen LogP) is 29.5. The molecule has 0 aromatic heterocycles. The minimum absolute atomic E-state index is 1.07. The van der Waals surface area contributed by atoms with Crippen LogP contribution in [0.3, 0.4) is 0 Å². The Kier molecular flexibility index (Phi) is 15.3. The van der Waals surface area contributed by atoms with Crippen LogP contribution in [0.4, 0.5) is 34.1 Å². The molecule has 2 heteroatoms. The first-order valence-electron chi connectivity index (χ1n) is 36.6.